The number of hydrogen-bond donors (Lipinski definition) is 1. The minimum atomic E-state index is 0.248. The van der Waals surface area contributed by atoms with Gasteiger partial charge in [-0.15, -0.1) is 5.92 Å². The molecule has 13 heavy (non-hydrogen) atoms. The molecule has 0 spiro atoms. The zero-order chi connectivity index (χ0) is 10.1. The number of rotatable bonds is 6. The fourth-order valence-corrected chi connectivity index (χ4v) is 1.11. The van der Waals surface area contributed by atoms with E-state index in [4.69, 9.17) is 5.73 Å². The zero-order valence-electron chi connectivity index (χ0n) is 8.60. The smallest absolute Gasteiger partial charge is 0.144 e. The largest absolute Gasteiger partial charge is 0.330 e. The number of hydrogen-bond acceptors (Lipinski definition) is 2. The summed E-state index contributed by atoms with van der Waals surface area (Å²) in [6, 6.07) is 0. The van der Waals surface area contributed by atoms with E-state index in [2.05, 4.69) is 18.8 Å². The van der Waals surface area contributed by atoms with Crippen molar-refractivity contribution in [3.8, 4) is 11.8 Å². The van der Waals surface area contributed by atoms with Gasteiger partial charge in [-0.05, 0) is 32.2 Å². The molecule has 0 aliphatic carbocycles. The summed E-state index contributed by atoms with van der Waals surface area (Å²) in [5.41, 5.74) is 5.41. The zero-order valence-corrected chi connectivity index (χ0v) is 8.60. The predicted octanol–water partition coefficient (Wildman–Crippen LogP) is 1.73. The second kappa shape index (κ2) is 7.82. The summed E-state index contributed by atoms with van der Waals surface area (Å²) < 4.78 is 0. The van der Waals surface area contributed by atoms with Crippen molar-refractivity contribution in [1.29, 1.82) is 0 Å². The van der Waals surface area contributed by atoms with Gasteiger partial charge in [-0.25, -0.2) is 0 Å². The third-order valence-corrected chi connectivity index (χ3v) is 2.04. The summed E-state index contributed by atoms with van der Waals surface area (Å²) >= 11 is 0. The molecule has 0 aliphatic heterocycles. The minimum Gasteiger partial charge on any atom is -0.330 e. The van der Waals surface area contributed by atoms with Crippen molar-refractivity contribution in [3.63, 3.8) is 0 Å². The lowest BCUT2D eigenvalue weighted by Crippen LogP contribution is -2.07. The van der Waals surface area contributed by atoms with Gasteiger partial charge in [-0.1, -0.05) is 12.8 Å². The van der Waals surface area contributed by atoms with E-state index >= 15 is 0 Å². The van der Waals surface area contributed by atoms with E-state index in [9.17, 15) is 4.79 Å². The van der Waals surface area contributed by atoms with Crippen molar-refractivity contribution >= 4 is 5.78 Å². The number of carbonyl (C=O) groups is 1. The van der Waals surface area contributed by atoms with E-state index < -0.39 is 0 Å². The molecule has 1 atom stereocenters. The molecule has 2 nitrogen and oxygen atoms in total. The third kappa shape index (κ3) is 7.55. The van der Waals surface area contributed by atoms with Crippen molar-refractivity contribution in [3.05, 3.63) is 0 Å². The topological polar surface area (TPSA) is 43.1 Å². The fraction of sp³-hybridized carbons (Fsp3) is 0.727. The molecular weight excluding hydrogens is 162 g/mol. The summed E-state index contributed by atoms with van der Waals surface area (Å²) in [4.78, 5) is 11.2. The van der Waals surface area contributed by atoms with E-state index in [1.165, 1.54) is 0 Å². The van der Waals surface area contributed by atoms with Gasteiger partial charge in [0.15, 0.2) is 0 Å². The van der Waals surface area contributed by atoms with Gasteiger partial charge in [0.2, 0.25) is 0 Å². The number of carbonyl (C=O) groups excluding carboxylic acids is 1. The van der Waals surface area contributed by atoms with Crippen molar-refractivity contribution in [2.45, 2.75) is 39.5 Å². The van der Waals surface area contributed by atoms with Crippen molar-refractivity contribution in [2.24, 2.45) is 11.7 Å². The molecule has 0 saturated heterocycles. The van der Waals surface area contributed by atoms with Crippen molar-refractivity contribution < 1.29 is 4.79 Å². The molecule has 0 amide bonds. The van der Waals surface area contributed by atoms with Crippen LogP contribution in [-0.2, 0) is 4.79 Å². The van der Waals surface area contributed by atoms with Gasteiger partial charge in [0.1, 0.15) is 5.78 Å². The lowest BCUT2D eigenvalue weighted by molar-refractivity contribution is -0.118. The first-order valence-electron chi connectivity index (χ1n) is 4.82. The molecule has 0 aromatic rings. The van der Waals surface area contributed by atoms with E-state index in [1.54, 1.807) is 6.92 Å². The molecule has 2 N–H and O–H groups in total. The maximum atomic E-state index is 11.2. The van der Waals surface area contributed by atoms with E-state index in [0.29, 0.717) is 25.3 Å². The molecule has 0 radical (unpaired) electrons. The molecule has 0 saturated carbocycles. The quantitative estimate of drug-likeness (QED) is 0.634. The Balaban J connectivity index is 3.49. The van der Waals surface area contributed by atoms with E-state index in [-0.39, 0.29) is 5.78 Å². The van der Waals surface area contributed by atoms with Crippen LogP contribution in [0.3, 0.4) is 0 Å². The molecule has 0 aromatic heterocycles. The van der Waals surface area contributed by atoms with E-state index in [0.717, 1.165) is 12.8 Å². The van der Waals surface area contributed by atoms with Crippen LogP contribution in [0.2, 0.25) is 0 Å². The monoisotopic (exact) mass is 181 g/mol. The highest BCUT2D eigenvalue weighted by molar-refractivity contribution is 5.80. The highest BCUT2D eigenvalue weighted by Crippen LogP contribution is 2.09. The Morgan fingerprint density at radius 1 is 1.46 bits per heavy atom. The Bertz CT molecular complexity index is 200. The van der Waals surface area contributed by atoms with Crippen LogP contribution in [0.5, 0.6) is 0 Å². The fourth-order valence-electron chi connectivity index (χ4n) is 1.11. The Labute approximate surface area is 80.9 Å². The number of ketones is 1. The standard InChI is InChI=1S/C11H19NO/c1-3-4-5-11(13)7-6-10(2)8-9-12/h10H,5-9,12H2,1-2H3. The Hall–Kier alpha value is -0.810. The second-order valence-corrected chi connectivity index (χ2v) is 3.36. The summed E-state index contributed by atoms with van der Waals surface area (Å²) in [6.07, 6.45) is 3.01. The maximum Gasteiger partial charge on any atom is 0.144 e. The van der Waals surface area contributed by atoms with Crippen LogP contribution in [0, 0.1) is 17.8 Å². The summed E-state index contributed by atoms with van der Waals surface area (Å²) in [7, 11) is 0. The first kappa shape index (κ1) is 12.2. The average Bonchev–Trinajstić information content (AvgIpc) is 2.12. The SMILES string of the molecule is CC#CCC(=O)CCC(C)CCN. The van der Waals surface area contributed by atoms with Gasteiger partial charge in [0.25, 0.3) is 0 Å². The summed E-state index contributed by atoms with van der Waals surface area (Å²) in [5.74, 6) is 6.31. The lowest BCUT2D eigenvalue weighted by Gasteiger charge is -2.07. The Kier molecular flexibility index (Phi) is 7.33. The number of Topliss-reactive ketones (excluding diaryl/α,β-unsaturated/α-hetero) is 1. The highest BCUT2D eigenvalue weighted by atomic mass is 16.1. The first-order valence-corrected chi connectivity index (χ1v) is 4.82. The molecule has 0 heterocycles. The maximum absolute atomic E-state index is 11.2. The van der Waals surface area contributed by atoms with E-state index in [1.807, 2.05) is 0 Å². The van der Waals surface area contributed by atoms with Crippen LogP contribution in [0.4, 0.5) is 0 Å². The number of nitrogens with two attached hydrogens (primary N) is 1. The molecule has 0 bridgehead atoms. The van der Waals surface area contributed by atoms with Crippen molar-refractivity contribution in [2.75, 3.05) is 6.54 Å². The molecule has 1 unspecified atom stereocenters. The molecule has 2 heteroatoms. The van der Waals surface area contributed by atoms with Gasteiger partial charge in [-0.3, -0.25) is 4.79 Å². The molecule has 0 fully saturated rings. The lowest BCUT2D eigenvalue weighted by atomic mass is 9.99. The molecule has 0 aromatic carbocycles. The van der Waals surface area contributed by atoms with Gasteiger partial charge < -0.3 is 5.73 Å². The molecule has 0 aliphatic rings. The highest BCUT2D eigenvalue weighted by Gasteiger charge is 2.04. The molecule has 0 rings (SSSR count). The third-order valence-electron chi connectivity index (χ3n) is 2.04. The summed E-state index contributed by atoms with van der Waals surface area (Å²) in [6.45, 7) is 4.60. The van der Waals surface area contributed by atoms with Crippen molar-refractivity contribution in [1.82, 2.24) is 0 Å². The average molecular weight is 181 g/mol. The van der Waals surface area contributed by atoms with Gasteiger partial charge in [-0.2, -0.15) is 0 Å². The van der Waals surface area contributed by atoms with Crippen LogP contribution in [0.15, 0.2) is 0 Å². The van der Waals surface area contributed by atoms with Crippen LogP contribution in [0.25, 0.3) is 0 Å². The first-order chi connectivity index (χ1) is 6.20. The summed E-state index contributed by atoms with van der Waals surface area (Å²) in [5, 5.41) is 0. The van der Waals surface area contributed by atoms with Crippen LogP contribution >= 0.6 is 0 Å². The minimum absolute atomic E-state index is 0.248. The Morgan fingerprint density at radius 3 is 2.69 bits per heavy atom. The van der Waals surface area contributed by atoms with Crippen LogP contribution < -0.4 is 5.73 Å². The van der Waals surface area contributed by atoms with Gasteiger partial charge in [0.05, 0.1) is 6.42 Å². The Morgan fingerprint density at radius 2 is 2.15 bits per heavy atom. The molecule has 74 valence electrons. The van der Waals surface area contributed by atoms with Crippen LogP contribution in [0.1, 0.15) is 39.5 Å². The predicted molar refractivity (Wildman–Crippen MR) is 55.1 cm³/mol. The van der Waals surface area contributed by atoms with Gasteiger partial charge >= 0.3 is 0 Å². The second-order valence-electron chi connectivity index (χ2n) is 3.36. The molecular formula is C11H19NO. The normalized spacial score (nSPS) is 11.6. The van der Waals surface area contributed by atoms with Gasteiger partial charge in [0, 0.05) is 6.42 Å². The van der Waals surface area contributed by atoms with Crippen LogP contribution in [-0.4, -0.2) is 12.3 Å².